The molecule has 0 spiro atoms. The summed E-state index contributed by atoms with van der Waals surface area (Å²) in [5.74, 6) is -9.61. The molecule has 26 nitrogen and oxygen atoms in total. The number of nitrogen functional groups attached to an aromatic ring is 1. The van der Waals surface area contributed by atoms with E-state index < -0.39 is 106 Å². The van der Waals surface area contributed by atoms with Gasteiger partial charge in [-0.15, -0.1) is 0 Å². The fraction of sp³-hybridized carbons (Fsp3) is 0.444. The standard InChI is InChI=1S/C36H49N13O13S2/c1-2-64(61,62)13-12-63-17-24(34(59)60)47-31(55)23(14-26(51)52)46-30(54)21(4-3-11-40-35(37)38)44-25(50)10-9-22(33(57)58)45-29(53)18-5-7-19(8-6-18)41-15-20-16-42-28-27(43-20)32(56)49-36(39)48-28/h5-8,16,21-24,41H,2-4,9-15,17H2,1H3,(H,44,50)(H,45,53)(H,46,54)(H,47,55)(H,51,52)(H,57,58)(H,59,60)(H4,37,38,40)(H3,39,42,48,49,56). The minimum atomic E-state index is -3.35. The summed E-state index contributed by atoms with van der Waals surface area (Å²) >= 11 is 0.918. The summed E-state index contributed by atoms with van der Waals surface area (Å²) in [5, 5.41) is 50.9. The van der Waals surface area contributed by atoms with Crippen molar-refractivity contribution in [2.24, 2.45) is 5.73 Å². The molecule has 348 valence electrons. The van der Waals surface area contributed by atoms with Crippen molar-refractivity contribution >= 4 is 91.9 Å². The minimum absolute atomic E-state index is 0.0127. The zero-order valence-corrected chi connectivity index (χ0v) is 35.8. The topological polar surface area (TPSA) is 434 Å². The normalized spacial score (nSPS) is 13.0. The Morgan fingerprint density at radius 1 is 0.891 bits per heavy atom. The van der Waals surface area contributed by atoms with Crippen LogP contribution in [0.25, 0.3) is 11.2 Å². The molecule has 4 amide bonds. The molecule has 4 unspecified atom stereocenters. The number of amides is 4. The molecule has 1 aromatic carbocycles. The van der Waals surface area contributed by atoms with Gasteiger partial charge in [0.25, 0.3) is 11.5 Å². The number of thioether (sulfide) groups is 1. The van der Waals surface area contributed by atoms with Crippen LogP contribution in [0.1, 0.15) is 55.1 Å². The highest BCUT2D eigenvalue weighted by atomic mass is 32.2. The Morgan fingerprint density at radius 2 is 1.55 bits per heavy atom. The SMILES string of the molecule is CCS(=O)(=O)CCSCC(NC(=O)C(CC(=O)O)NC(=O)C(CCCNC(=N)N)NC(=O)CCC(NC(=O)c1ccc(NCc2cnc3nc(N)[nH]c(=O)c3n2)cc1)C(=O)O)C(=O)O. The van der Waals surface area contributed by atoms with Crippen molar-refractivity contribution in [2.45, 2.75) is 69.7 Å². The molecule has 15 N–H and O–H groups in total. The number of rotatable bonds is 27. The lowest BCUT2D eigenvalue weighted by atomic mass is 10.1. The van der Waals surface area contributed by atoms with Gasteiger partial charge in [-0.2, -0.15) is 16.7 Å². The quantitative estimate of drug-likeness (QED) is 0.0210. The van der Waals surface area contributed by atoms with Crippen molar-refractivity contribution in [3.05, 3.63) is 52.1 Å². The lowest BCUT2D eigenvalue weighted by Gasteiger charge is -2.24. The van der Waals surface area contributed by atoms with Gasteiger partial charge in [0, 0.05) is 41.5 Å². The number of sulfone groups is 1. The Kier molecular flexibility index (Phi) is 19.6. The van der Waals surface area contributed by atoms with Crippen molar-refractivity contribution in [2.75, 3.05) is 40.6 Å². The second-order valence-electron chi connectivity index (χ2n) is 13.8. The fourth-order valence-corrected chi connectivity index (χ4v) is 7.87. The van der Waals surface area contributed by atoms with E-state index in [1.807, 2.05) is 0 Å². The molecule has 0 radical (unpaired) electrons. The van der Waals surface area contributed by atoms with E-state index in [1.165, 1.54) is 37.4 Å². The number of carbonyl (C=O) groups is 7. The zero-order chi connectivity index (χ0) is 47.6. The number of aromatic nitrogens is 4. The maximum atomic E-state index is 13.5. The van der Waals surface area contributed by atoms with Crippen LogP contribution in [0.15, 0.2) is 35.3 Å². The van der Waals surface area contributed by atoms with E-state index in [-0.39, 0.29) is 71.6 Å². The Bertz CT molecular complexity index is 2370. The van der Waals surface area contributed by atoms with Gasteiger partial charge in [-0.1, -0.05) is 6.92 Å². The number of benzene rings is 1. The molecule has 2 heterocycles. The molecule has 0 fully saturated rings. The number of aromatic amines is 1. The summed E-state index contributed by atoms with van der Waals surface area (Å²) < 4.78 is 23.5. The number of carboxylic acids is 3. The molecule has 3 aromatic rings. The largest absolute Gasteiger partial charge is 0.481 e. The molecule has 3 rings (SSSR count). The summed E-state index contributed by atoms with van der Waals surface area (Å²) in [7, 11) is -3.35. The maximum Gasteiger partial charge on any atom is 0.327 e. The molecular formula is C36H49N13O13S2. The van der Waals surface area contributed by atoms with Crippen LogP contribution in [0.3, 0.4) is 0 Å². The van der Waals surface area contributed by atoms with Gasteiger partial charge in [0.1, 0.15) is 24.2 Å². The fourth-order valence-electron chi connectivity index (χ4n) is 5.46. The number of fused-ring (bicyclic) bond motifs is 1. The van der Waals surface area contributed by atoms with Crippen molar-refractivity contribution < 1.29 is 57.3 Å². The number of nitrogens with one attached hydrogen (secondary N) is 8. The van der Waals surface area contributed by atoms with E-state index in [2.05, 4.69) is 51.8 Å². The third-order valence-corrected chi connectivity index (χ3v) is 11.9. The van der Waals surface area contributed by atoms with Gasteiger partial charge in [0.05, 0.1) is 30.6 Å². The molecule has 28 heteroatoms. The summed E-state index contributed by atoms with van der Waals surface area (Å²) in [6.07, 6.45) is -0.673. The number of carbonyl (C=O) groups excluding carboxylic acids is 4. The Balaban J connectivity index is 1.62. The van der Waals surface area contributed by atoms with Crippen LogP contribution in [0, 0.1) is 5.41 Å². The van der Waals surface area contributed by atoms with Crippen LogP contribution < -0.4 is 48.9 Å². The average molecular weight is 936 g/mol. The van der Waals surface area contributed by atoms with E-state index in [9.17, 15) is 62.1 Å². The number of nitrogens with zero attached hydrogens (tertiary/aromatic N) is 3. The molecule has 0 saturated carbocycles. The first-order valence-corrected chi connectivity index (χ1v) is 22.2. The van der Waals surface area contributed by atoms with Gasteiger partial charge in [-0.05, 0) is 43.5 Å². The smallest absolute Gasteiger partial charge is 0.327 e. The van der Waals surface area contributed by atoms with Gasteiger partial charge >= 0.3 is 17.9 Å². The number of anilines is 2. The second-order valence-corrected chi connectivity index (χ2v) is 17.4. The van der Waals surface area contributed by atoms with Crippen LogP contribution in [0.4, 0.5) is 11.6 Å². The van der Waals surface area contributed by atoms with E-state index >= 15 is 0 Å². The molecule has 4 atom stereocenters. The highest BCUT2D eigenvalue weighted by molar-refractivity contribution is 8.00. The zero-order valence-electron chi connectivity index (χ0n) is 34.2. The van der Waals surface area contributed by atoms with Gasteiger partial charge in [-0.3, -0.25) is 39.2 Å². The average Bonchev–Trinajstić information content (AvgIpc) is 3.23. The predicted molar refractivity (Wildman–Crippen MR) is 231 cm³/mol. The summed E-state index contributed by atoms with van der Waals surface area (Å²) in [5.41, 5.74) is 11.3. The predicted octanol–water partition coefficient (Wildman–Crippen LogP) is -2.68. The van der Waals surface area contributed by atoms with E-state index in [4.69, 9.17) is 16.9 Å². The lowest BCUT2D eigenvalue weighted by molar-refractivity contribution is -0.143. The molecule has 0 aliphatic heterocycles. The third kappa shape index (κ3) is 17.3. The Labute approximate surface area is 368 Å². The highest BCUT2D eigenvalue weighted by Gasteiger charge is 2.31. The van der Waals surface area contributed by atoms with Crippen molar-refractivity contribution in [1.29, 1.82) is 5.41 Å². The molecule has 0 aliphatic carbocycles. The lowest BCUT2D eigenvalue weighted by Crippen LogP contribution is -2.56. The van der Waals surface area contributed by atoms with Crippen molar-refractivity contribution in [1.82, 2.24) is 46.5 Å². The van der Waals surface area contributed by atoms with Crippen LogP contribution >= 0.6 is 11.8 Å². The number of hydrogen-bond acceptors (Lipinski definition) is 17. The molecule has 0 bridgehead atoms. The highest BCUT2D eigenvalue weighted by Crippen LogP contribution is 2.13. The molecule has 2 aromatic heterocycles. The van der Waals surface area contributed by atoms with Crippen molar-refractivity contribution in [3.8, 4) is 0 Å². The van der Waals surface area contributed by atoms with E-state index in [0.29, 0.717) is 11.4 Å². The van der Waals surface area contributed by atoms with Crippen LogP contribution in [0.5, 0.6) is 0 Å². The number of guanidine groups is 1. The number of nitrogens with two attached hydrogens (primary N) is 2. The maximum absolute atomic E-state index is 13.5. The van der Waals surface area contributed by atoms with Gasteiger partial charge in [-0.25, -0.2) is 28.0 Å². The monoisotopic (exact) mass is 935 g/mol. The number of aliphatic carboxylic acids is 3. The number of H-pyrrole nitrogens is 1. The van der Waals surface area contributed by atoms with Gasteiger partial charge in [0.15, 0.2) is 27.0 Å². The van der Waals surface area contributed by atoms with Crippen molar-refractivity contribution in [3.63, 3.8) is 0 Å². The molecule has 0 aliphatic rings. The van der Waals surface area contributed by atoms with Gasteiger partial charge in [0.2, 0.25) is 23.7 Å². The van der Waals surface area contributed by atoms with Crippen LogP contribution in [0.2, 0.25) is 0 Å². The molecule has 0 saturated heterocycles. The minimum Gasteiger partial charge on any atom is -0.481 e. The first-order chi connectivity index (χ1) is 30.2. The molecular weight excluding hydrogens is 887 g/mol. The van der Waals surface area contributed by atoms with Gasteiger partial charge < -0.3 is 58.7 Å². The van der Waals surface area contributed by atoms with Crippen LogP contribution in [-0.4, -0.2) is 145 Å². The summed E-state index contributed by atoms with van der Waals surface area (Å²) in [4.78, 5) is 115. The Hall–Kier alpha value is -7.10. The third-order valence-electron chi connectivity index (χ3n) is 8.90. The Morgan fingerprint density at radius 3 is 2.17 bits per heavy atom. The van der Waals surface area contributed by atoms with E-state index in [1.54, 1.807) is 0 Å². The van der Waals surface area contributed by atoms with E-state index in [0.717, 1.165) is 11.8 Å². The first kappa shape index (κ1) is 51.3. The second kappa shape index (κ2) is 24.5. The summed E-state index contributed by atoms with van der Waals surface area (Å²) in [6.45, 7) is 1.62. The molecule has 64 heavy (non-hydrogen) atoms. The first-order valence-electron chi connectivity index (χ1n) is 19.3. The van der Waals surface area contributed by atoms with Crippen LogP contribution in [-0.2, 0) is 45.1 Å². The number of hydrogen-bond donors (Lipinski definition) is 13. The number of carboxylic acid groups (broad SMARTS) is 3. The summed E-state index contributed by atoms with van der Waals surface area (Å²) in [6, 6.07) is -0.626.